The van der Waals surface area contributed by atoms with Crippen molar-refractivity contribution in [2.24, 2.45) is 5.41 Å². The molecule has 0 spiro atoms. The molecule has 0 heterocycles. The molecule has 0 saturated heterocycles. The molecule has 0 amide bonds. The average molecular weight is 277 g/mol. The lowest BCUT2D eigenvalue weighted by Crippen LogP contribution is -2.32. The standard InChI is InChI=1S/C15H19NO2S/c1-15(2,3)11-16-19(17,18)14-9-8-12-6-4-5-7-13(12)10-14/h4-10,16H,11H2,1-3H3. The highest BCUT2D eigenvalue weighted by atomic mass is 32.2. The van der Waals surface area contributed by atoms with E-state index in [0.29, 0.717) is 11.4 Å². The van der Waals surface area contributed by atoms with Crippen molar-refractivity contribution in [2.75, 3.05) is 6.54 Å². The molecular formula is C15H19NO2S. The summed E-state index contributed by atoms with van der Waals surface area (Å²) in [5.41, 5.74) is -0.0794. The average Bonchev–Trinajstić information content (AvgIpc) is 2.35. The number of fused-ring (bicyclic) bond motifs is 1. The van der Waals surface area contributed by atoms with Crippen LogP contribution in [0.2, 0.25) is 0 Å². The molecule has 102 valence electrons. The molecule has 1 N–H and O–H groups in total. The van der Waals surface area contributed by atoms with Gasteiger partial charge in [-0.1, -0.05) is 51.1 Å². The maximum atomic E-state index is 12.2. The SMILES string of the molecule is CC(C)(C)CNS(=O)(=O)c1ccc2ccccc2c1. The third-order valence-electron chi connectivity index (χ3n) is 2.82. The van der Waals surface area contributed by atoms with Crippen LogP contribution in [0.3, 0.4) is 0 Å². The van der Waals surface area contributed by atoms with E-state index in [4.69, 9.17) is 0 Å². The van der Waals surface area contributed by atoms with Crippen LogP contribution in [0.5, 0.6) is 0 Å². The molecule has 0 aliphatic carbocycles. The number of hydrogen-bond donors (Lipinski definition) is 1. The number of sulfonamides is 1. The minimum Gasteiger partial charge on any atom is -0.211 e. The summed E-state index contributed by atoms with van der Waals surface area (Å²) in [7, 11) is -3.43. The Morgan fingerprint density at radius 3 is 2.26 bits per heavy atom. The minimum atomic E-state index is -3.43. The molecule has 19 heavy (non-hydrogen) atoms. The third-order valence-corrected chi connectivity index (χ3v) is 4.22. The molecule has 2 aromatic carbocycles. The van der Waals surface area contributed by atoms with Crippen molar-refractivity contribution in [3.8, 4) is 0 Å². The largest absolute Gasteiger partial charge is 0.240 e. The summed E-state index contributed by atoms with van der Waals surface area (Å²) < 4.78 is 27.1. The number of hydrogen-bond acceptors (Lipinski definition) is 2. The second kappa shape index (κ2) is 4.94. The van der Waals surface area contributed by atoms with Gasteiger partial charge in [0.25, 0.3) is 0 Å². The van der Waals surface area contributed by atoms with Crippen LogP contribution in [0.4, 0.5) is 0 Å². The Labute approximate surface area is 114 Å². The lowest BCUT2D eigenvalue weighted by Gasteiger charge is -2.18. The molecule has 0 aromatic heterocycles. The first kappa shape index (κ1) is 14.0. The van der Waals surface area contributed by atoms with Crippen molar-refractivity contribution < 1.29 is 8.42 Å². The van der Waals surface area contributed by atoms with Crippen molar-refractivity contribution in [2.45, 2.75) is 25.7 Å². The summed E-state index contributed by atoms with van der Waals surface area (Å²) in [6.07, 6.45) is 0. The smallest absolute Gasteiger partial charge is 0.211 e. The van der Waals surface area contributed by atoms with Crippen molar-refractivity contribution in [1.82, 2.24) is 4.72 Å². The van der Waals surface area contributed by atoms with E-state index < -0.39 is 10.0 Å². The van der Waals surface area contributed by atoms with Gasteiger partial charge in [0.15, 0.2) is 0 Å². The summed E-state index contributed by atoms with van der Waals surface area (Å²) >= 11 is 0. The van der Waals surface area contributed by atoms with Gasteiger partial charge in [0, 0.05) is 6.54 Å². The normalized spacial score (nSPS) is 12.8. The van der Waals surface area contributed by atoms with Crippen LogP contribution >= 0.6 is 0 Å². The van der Waals surface area contributed by atoms with E-state index >= 15 is 0 Å². The molecule has 0 bridgehead atoms. The number of benzene rings is 2. The molecule has 0 atom stereocenters. The minimum absolute atomic E-state index is 0.0794. The molecular weight excluding hydrogens is 258 g/mol. The van der Waals surface area contributed by atoms with Crippen LogP contribution in [0.25, 0.3) is 10.8 Å². The van der Waals surface area contributed by atoms with Crippen molar-refractivity contribution in [3.63, 3.8) is 0 Å². The Balaban J connectivity index is 2.32. The fraction of sp³-hybridized carbons (Fsp3) is 0.333. The molecule has 3 nitrogen and oxygen atoms in total. The summed E-state index contributed by atoms with van der Waals surface area (Å²) in [5.74, 6) is 0. The number of rotatable bonds is 3. The molecule has 0 fully saturated rings. The van der Waals surface area contributed by atoms with Gasteiger partial charge in [-0.2, -0.15) is 0 Å². The van der Waals surface area contributed by atoms with Crippen LogP contribution in [0.1, 0.15) is 20.8 Å². The second-order valence-electron chi connectivity index (χ2n) is 5.89. The first-order chi connectivity index (χ1) is 8.78. The molecule has 4 heteroatoms. The monoisotopic (exact) mass is 277 g/mol. The summed E-state index contributed by atoms with van der Waals surface area (Å²) in [4.78, 5) is 0.315. The molecule has 2 aromatic rings. The first-order valence-electron chi connectivity index (χ1n) is 6.26. The maximum absolute atomic E-state index is 12.2. The highest BCUT2D eigenvalue weighted by Crippen LogP contribution is 2.19. The second-order valence-corrected chi connectivity index (χ2v) is 7.66. The maximum Gasteiger partial charge on any atom is 0.240 e. The van der Waals surface area contributed by atoms with E-state index in [1.54, 1.807) is 12.1 Å². The van der Waals surface area contributed by atoms with Gasteiger partial charge in [-0.25, -0.2) is 13.1 Å². The highest BCUT2D eigenvalue weighted by molar-refractivity contribution is 7.89. The van der Waals surface area contributed by atoms with Crippen LogP contribution in [0, 0.1) is 5.41 Å². The van der Waals surface area contributed by atoms with Crippen molar-refractivity contribution in [3.05, 3.63) is 42.5 Å². The zero-order chi connectivity index (χ0) is 14.1. The Morgan fingerprint density at radius 2 is 1.63 bits per heavy atom. The van der Waals surface area contributed by atoms with Gasteiger partial charge in [-0.15, -0.1) is 0 Å². The summed E-state index contributed by atoms with van der Waals surface area (Å²) in [6, 6.07) is 12.9. The topological polar surface area (TPSA) is 46.2 Å². The zero-order valence-corrected chi connectivity index (χ0v) is 12.3. The predicted molar refractivity (Wildman–Crippen MR) is 78.6 cm³/mol. The first-order valence-corrected chi connectivity index (χ1v) is 7.75. The molecule has 0 aliphatic rings. The third kappa shape index (κ3) is 3.55. The lowest BCUT2D eigenvalue weighted by atomic mass is 9.98. The van der Waals surface area contributed by atoms with Gasteiger partial charge in [0.05, 0.1) is 4.90 Å². The quantitative estimate of drug-likeness (QED) is 0.936. The van der Waals surface area contributed by atoms with E-state index in [1.807, 2.05) is 51.1 Å². The fourth-order valence-electron chi connectivity index (χ4n) is 1.73. The Kier molecular flexibility index (Phi) is 3.65. The van der Waals surface area contributed by atoms with Gasteiger partial charge in [-0.05, 0) is 28.3 Å². The van der Waals surface area contributed by atoms with Crippen LogP contribution in [0.15, 0.2) is 47.4 Å². The lowest BCUT2D eigenvalue weighted by molar-refractivity contribution is 0.407. The van der Waals surface area contributed by atoms with Gasteiger partial charge >= 0.3 is 0 Å². The van der Waals surface area contributed by atoms with E-state index in [1.165, 1.54) is 0 Å². The molecule has 0 unspecified atom stereocenters. The summed E-state index contributed by atoms with van der Waals surface area (Å²) in [5, 5.41) is 1.97. The van der Waals surface area contributed by atoms with E-state index in [2.05, 4.69) is 4.72 Å². The van der Waals surface area contributed by atoms with Crippen molar-refractivity contribution in [1.29, 1.82) is 0 Å². The van der Waals surface area contributed by atoms with E-state index in [-0.39, 0.29) is 5.41 Å². The Morgan fingerprint density at radius 1 is 1.00 bits per heavy atom. The van der Waals surface area contributed by atoms with Crippen LogP contribution < -0.4 is 4.72 Å². The highest BCUT2D eigenvalue weighted by Gasteiger charge is 2.18. The Bertz CT molecular complexity index is 685. The summed E-state index contributed by atoms with van der Waals surface area (Å²) in [6.45, 7) is 6.41. The van der Waals surface area contributed by atoms with Gasteiger partial charge < -0.3 is 0 Å². The molecule has 0 radical (unpaired) electrons. The van der Waals surface area contributed by atoms with Gasteiger partial charge in [0.2, 0.25) is 10.0 Å². The number of nitrogens with one attached hydrogen (secondary N) is 1. The van der Waals surface area contributed by atoms with E-state index in [9.17, 15) is 8.42 Å². The van der Waals surface area contributed by atoms with E-state index in [0.717, 1.165) is 10.8 Å². The Hall–Kier alpha value is -1.39. The van der Waals surface area contributed by atoms with Gasteiger partial charge in [-0.3, -0.25) is 0 Å². The van der Waals surface area contributed by atoms with Gasteiger partial charge in [0.1, 0.15) is 0 Å². The van der Waals surface area contributed by atoms with Crippen LogP contribution in [-0.4, -0.2) is 15.0 Å². The molecule has 2 rings (SSSR count). The predicted octanol–water partition coefficient (Wildman–Crippen LogP) is 3.16. The molecule has 0 aliphatic heterocycles. The zero-order valence-electron chi connectivity index (χ0n) is 11.5. The molecule has 0 saturated carbocycles. The van der Waals surface area contributed by atoms with Crippen LogP contribution in [-0.2, 0) is 10.0 Å². The van der Waals surface area contributed by atoms with Crippen molar-refractivity contribution >= 4 is 20.8 Å². The fourth-order valence-corrected chi connectivity index (χ4v) is 3.05.